The van der Waals surface area contributed by atoms with Crippen LogP contribution in [0, 0.1) is 6.92 Å². The molecule has 0 aliphatic heterocycles. The van der Waals surface area contributed by atoms with Gasteiger partial charge in [0, 0.05) is 10.9 Å². The molecule has 0 aliphatic rings. The predicted octanol–water partition coefficient (Wildman–Crippen LogP) is 4.39. The van der Waals surface area contributed by atoms with Gasteiger partial charge in [-0.3, -0.25) is 4.79 Å². The molecule has 1 N–H and O–H groups in total. The number of rotatable bonds is 8. The number of thiazole rings is 1. The van der Waals surface area contributed by atoms with Crippen LogP contribution >= 0.6 is 22.7 Å². The van der Waals surface area contributed by atoms with Gasteiger partial charge in [0.1, 0.15) is 28.0 Å². The standard InChI is InChI=1S/C19H20N2O3S2/c1-3-23-15-4-6-16(7-5-15)24-10-9-20-18(22)17-13(2)21-19(26-17)14-8-11-25-12-14/h4-8,11-12H,3,9-10H2,1-2H3,(H,20,22). The monoisotopic (exact) mass is 388 g/mol. The van der Waals surface area contributed by atoms with Crippen LogP contribution in [-0.4, -0.2) is 30.6 Å². The Morgan fingerprint density at radius 2 is 1.88 bits per heavy atom. The highest BCUT2D eigenvalue weighted by Crippen LogP contribution is 2.29. The van der Waals surface area contributed by atoms with E-state index < -0.39 is 0 Å². The van der Waals surface area contributed by atoms with Crippen LogP contribution in [0.5, 0.6) is 11.5 Å². The van der Waals surface area contributed by atoms with Crippen LogP contribution in [0.25, 0.3) is 10.6 Å². The molecule has 0 fully saturated rings. The molecular formula is C19H20N2O3S2. The third kappa shape index (κ3) is 4.62. The second-order valence-electron chi connectivity index (χ2n) is 5.45. The lowest BCUT2D eigenvalue weighted by atomic mass is 10.3. The summed E-state index contributed by atoms with van der Waals surface area (Å²) in [6, 6.07) is 9.45. The van der Waals surface area contributed by atoms with E-state index in [1.54, 1.807) is 11.3 Å². The number of carbonyl (C=O) groups is 1. The van der Waals surface area contributed by atoms with Crippen LogP contribution in [0.15, 0.2) is 41.1 Å². The zero-order valence-corrected chi connectivity index (χ0v) is 16.3. The van der Waals surface area contributed by atoms with Crippen molar-refractivity contribution < 1.29 is 14.3 Å². The minimum absolute atomic E-state index is 0.114. The summed E-state index contributed by atoms with van der Waals surface area (Å²) in [4.78, 5) is 17.5. The molecule has 26 heavy (non-hydrogen) atoms. The van der Waals surface area contributed by atoms with E-state index in [1.165, 1.54) is 11.3 Å². The van der Waals surface area contributed by atoms with Crippen LogP contribution < -0.4 is 14.8 Å². The second kappa shape index (κ2) is 8.82. The summed E-state index contributed by atoms with van der Waals surface area (Å²) in [5, 5.41) is 7.80. The Labute approximate surface area is 160 Å². The number of carbonyl (C=O) groups excluding carboxylic acids is 1. The molecular weight excluding hydrogens is 368 g/mol. The lowest BCUT2D eigenvalue weighted by Gasteiger charge is -2.08. The van der Waals surface area contributed by atoms with E-state index in [1.807, 2.05) is 54.9 Å². The van der Waals surface area contributed by atoms with E-state index in [0.29, 0.717) is 24.6 Å². The number of ether oxygens (including phenoxy) is 2. The van der Waals surface area contributed by atoms with Gasteiger partial charge in [-0.05, 0) is 49.6 Å². The number of aryl methyl sites for hydroxylation is 1. The number of hydrogen-bond donors (Lipinski definition) is 1. The zero-order valence-electron chi connectivity index (χ0n) is 14.7. The number of benzene rings is 1. The van der Waals surface area contributed by atoms with E-state index in [2.05, 4.69) is 10.3 Å². The minimum Gasteiger partial charge on any atom is -0.494 e. The maximum Gasteiger partial charge on any atom is 0.263 e. The highest BCUT2D eigenvalue weighted by Gasteiger charge is 2.16. The van der Waals surface area contributed by atoms with Gasteiger partial charge in [0.15, 0.2) is 0 Å². The summed E-state index contributed by atoms with van der Waals surface area (Å²) < 4.78 is 11.0. The Kier molecular flexibility index (Phi) is 6.25. The fourth-order valence-corrected chi connectivity index (χ4v) is 4.02. The van der Waals surface area contributed by atoms with Gasteiger partial charge in [-0.15, -0.1) is 11.3 Å². The molecule has 0 saturated carbocycles. The Hall–Kier alpha value is -2.38. The van der Waals surface area contributed by atoms with Crippen molar-refractivity contribution in [2.24, 2.45) is 0 Å². The molecule has 0 saturated heterocycles. The maximum absolute atomic E-state index is 12.4. The Morgan fingerprint density at radius 3 is 2.54 bits per heavy atom. The maximum atomic E-state index is 12.4. The summed E-state index contributed by atoms with van der Waals surface area (Å²) in [6.45, 7) is 5.27. The molecule has 3 aromatic rings. The van der Waals surface area contributed by atoms with Gasteiger partial charge in [-0.1, -0.05) is 0 Å². The predicted molar refractivity (Wildman–Crippen MR) is 106 cm³/mol. The highest BCUT2D eigenvalue weighted by molar-refractivity contribution is 7.17. The van der Waals surface area contributed by atoms with Gasteiger partial charge < -0.3 is 14.8 Å². The van der Waals surface area contributed by atoms with Crippen molar-refractivity contribution in [2.75, 3.05) is 19.8 Å². The van der Waals surface area contributed by atoms with Gasteiger partial charge in [-0.2, -0.15) is 11.3 Å². The molecule has 1 amide bonds. The molecule has 0 radical (unpaired) electrons. The summed E-state index contributed by atoms with van der Waals surface area (Å²) in [6.07, 6.45) is 0. The Morgan fingerprint density at radius 1 is 1.15 bits per heavy atom. The quantitative estimate of drug-likeness (QED) is 0.582. The van der Waals surface area contributed by atoms with Crippen LogP contribution in [0.4, 0.5) is 0 Å². The SMILES string of the molecule is CCOc1ccc(OCCNC(=O)c2sc(-c3ccsc3)nc2C)cc1. The number of hydrogen-bond acceptors (Lipinski definition) is 6. The number of aromatic nitrogens is 1. The fourth-order valence-electron chi connectivity index (χ4n) is 2.33. The average molecular weight is 389 g/mol. The van der Waals surface area contributed by atoms with Crippen LogP contribution in [0.3, 0.4) is 0 Å². The average Bonchev–Trinajstić information content (AvgIpc) is 3.30. The first-order valence-electron chi connectivity index (χ1n) is 8.31. The van der Waals surface area contributed by atoms with E-state index in [9.17, 15) is 4.79 Å². The van der Waals surface area contributed by atoms with Crippen molar-refractivity contribution in [3.63, 3.8) is 0 Å². The molecule has 3 rings (SSSR count). The van der Waals surface area contributed by atoms with Crippen molar-refractivity contribution in [1.82, 2.24) is 10.3 Å². The Balaban J connectivity index is 1.48. The van der Waals surface area contributed by atoms with Crippen molar-refractivity contribution in [3.05, 3.63) is 51.7 Å². The minimum atomic E-state index is -0.114. The molecule has 2 heterocycles. The largest absolute Gasteiger partial charge is 0.494 e. The molecule has 2 aromatic heterocycles. The molecule has 0 aliphatic carbocycles. The summed E-state index contributed by atoms with van der Waals surface area (Å²) in [5.41, 5.74) is 1.81. The zero-order chi connectivity index (χ0) is 18.4. The van der Waals surface area contributed by atoms with Crippen molar-refractivity contribution in [3.8, 4) is 22.1 Å². The summed E-state index contributed by atoms with van der Waals surface area (Å²) >= 11 is 3.03. The van der Waals surface area contributed by atoms with Crippen LogP contribution in [-0.2, 0) is 0 Å². The number of nitrogens with one attached hydrogen (secondary N) is 1. The van der Waals surface area contributed by atoms with E-state index >= 15 is 0 Å². The van der Waals surface area contributed by atoms with E-state index in [0.717, 1.165) is 27.8 Å². The second-order valence-corrected chi connectivity index (χ2v) is 7.23. The first-order chi connectivity index (χ1) is 12.7. The molecule has 0 spiro atoms. The first kappa shape index (κ1) is 18.4. The van der Waals surface area contributed by atoms with Gasteiger partial charge in [0.05, 0.1) is 18.8 Å². The molecule has 136 valence electrons. The van der Waals surface area contributed by atoms with Gasteiger partial charge >= 0.3 is 0 Å². The van der Waals surface area contributed by atoms with Crippen LogP contribution in [0.2, 0.25) is 0 Å². The number of thiophene rings is 1. The Bertz CT molecular complexity index is 842. The molecule has 0 atom stereocenters. The van der Waals surface area contributed by atoms with E-state index in [-0.39, 0.29) is 5.91 Å². The lowest BCUT2D eigenvalue weighted by molar-refractivity contribution is 0.0950. The van der Waals surface area contributed by atoms with Gasteiger partial charge in [0.2, 0.25) is 0 Å². The van der Waals surface area contributed by atoms with Crippen LogP contribution in [0.1, 0.15) is 22.3 Å². The van der Waals surface area contributed by atoms with Crippen molar-refractivity contribution in [2.45, 2.75) is 13.8 Å². The number of amides is 1. The summed E-state index contributed by atoms with van der Waals surface area (Å²) in [7, 11) is 0. The highest BCUT2D eigenvalue weighted by atomic mass is 32.1. The molecule has 0 unspecified atom stereocenters. The van der Waals surface area contributed by atoms with Gasteiger partial charge in [-0.25, -0.2) is 4.98 Å². The molecule has 1 aromatic carbocycles. The van der Waals surface area contributed by atoms with Crippen molar-refractivity contribution >= 4 is 28.6 Å². The van der Waals surface area contributed by atoms with Crippen molar-refractivity contribution in [1.29, 1.82) is 0 Å². The third-order valence-corrected chi connectivity index (χ3v) is 5.45. The summed E-state index contributed by atoms with van der Waals surface area (Å²) in [5.74, 6) is 1.45. The first-order valence-corrected chi connectivity index (χ1v) is 10.1. The third-order valence-electron chi connectivity index (χ3n) is 3.56. The van der Waals surface area contributed by atoms with E-state index in [4.69, 9.17) is 9.47 Å². The molecule has 7 heteroatoms. The normalized spacial score (nSPS) is 10.5. The number of nitrogens with zero attached hydrogens (tertiary/aromatic N) is 1. The fraction of sp³-hybridized carbons (Fsp3) is 0.263. The lowest BCUT2D eigenvalue weighted by Crippen LogP contribution is -2.27. The molecule has 5 nitrogen and oxygen atoms in total. The molecule has 0 bridgehead atoms. The topological polar surface area (TPSA) is 60.5 Å². The smallest absolute Gasteiger partial charge is 0.263 e. The van der Waals surface area contributed by atoms with Gasteiger partial charge in [0.25, 0.3) is 5.91 Å².